The maximum Gasteiger partial charge on any atom is 0.348 e. The van der Waals surface area contributed by atoms with Crippen LogP contribution in [0.1, 0.15) is 6.23 Å². The summed E-state index contributed by atoms with van der Waals surface area (Å²) in [4.78, 5) is 29.8. The smallest absolute Gasteiger partial charge is 0.348 e. The zero-order valence-corrected chi connectivity index (χ0v) is 13.1. The number of imidazole rings is 1. The van der Waals surface area contributed by atoms with Gasteiger partial charge in [-0.3, -0.25) is 9.13 Å². The average molecular weight is 357 g/mol. The zero-order chi connectivity index (χ0) is 17.5. The van der Waals surface area contributed by atoms with Gasteiger partial charge in [-0.2, -0.15) is 0 Å². The molecule has 1 aliphatic heterocycles. The van der Waals surface area contributed by atoms with Gasteiger partial charge in [0.05, 0.1) is 19.0 Å². The zero-order valence-electron chi connectivity index (χ0n) is 12.2. The molecule has 1 aliphatic rings. The molecule has 0 aromatic carbocycles. The first-order valence-electron chi connectivity index (χ1n) is 6.94. The van der Waals surface area contributed by atoms with Gasteiger partial charge in [0.25, 0.3) is 0 Å². The van der Waals surface area contributed by atoms with Gasteiger partial charge < -0.3 is 30.5 Å². The topological polar surface area (TPSA) is 177 Å². The highest BCUT2D eigenvalue weighted by atomic mass is 31.2. The van der Waals surface area contributed by atoms with E-state index in [9.17, 15) is 14.8 Å². The number of nitrogens with two attached hydrogens (primary N) is 1. The van der Waals surface area contributed by atoms with Crippen molar-refractivity contribution in [1.29, 1.82) is 0 Å². The van der Waals surface area contributed by atoms with Crippen LogP contribution in [0.5, 0.6) is 0 Å². The summed E-state index contributed by atoms with van der Waals surface area (Å²) in [5.41, 5.74) is 6.38. The van der Waals surface area contributed by atoms with E-state index in [2.05, 4.69) is 15.0 Å². The Bertz CT molecular complexity index is 819. The largest absolute Gasteiger partial charge is 0.396 e. The van der Waals surface area contributed by atoms with Gasteiger partial charge in [0.1, 0.15) is 17.9 Å². The van der Waals surface area contributed by atoms with Crippen LogP contribution in [-0.2, 0) is 9.30 Å². The Labute approximate surface area is 135 Å². The second-order valence-electron chi connectivity index (χ2n) is 5.34. The summed E-state index contributed by atoms with van der Waals surface area (Å²) in [7, 11) is -4.38. The van der Waals surface area contributed by atoms with Gasteiger partial charge in [-0.1, -0.05) is 0 Å². The molecule has 0 radical (unpaired) electrons. The molecule has 3 rings (SSSR count). The molecule has 130 valence electrons. The number of anilines is 1. The highest BCUT2D eigenvalue weighted by Crippen LogP contribution is 2.40. The summed E-state index contributed by atoms with van der Waals surface area (Å²) in [5, 5.41) is 19.9. The fraction of sp³-hybridized carbons (Fsp3) is 0.417. The first-order valence-corrected chi connectivity index (χ1v) is 8.62. The number of rotatable bonds is 4. The SMILES string of the molecule is Nc1ncnc2c1ncn2[C@@H]1O[C@H](C=CP(=O)(O)O)[C@@H](CO)[C@H]1O. The van der Waals surface area contributed by atoms with Crippen LogP contribution in [0.15, 0.2) is 24.5 Å². The summed E-state index contributed by atoms with van der Waals surface area (Å²) >= 11 is 0. The fourth-order valence-electron chi connectivity index (χ4n) is 2.63. The van der Waals surface area contributed by atoms with Gasteiger partial charge in [0.15, 0.2) is 17.7 Å². The molecule has 0 amide bonds. The van der Waals surface area contributed by atoms with Crippen LogP contribution < -0.4 is 5.73 Å². The van der Waals surface area contributed by atoms with E-state index in [0.29, 0.717) is 17.0 Å². The molecule has 24 heavy (non-hydrogen) atoms. The number of nitrogen functional groups attached to an aromatic ring is 1. The maximum atomic E-state index is 11.0. The summed E-state index contributed by atoms with van der Waals surface area (Å²) < 4.78 is 18.1. The lowest BCUT2D eigenvalue weighted by Crippen LogP contribution is -2.28. The van der Waals surface area contributed by atoms with E-state index in [4.69, 9.17) is 20.3 Å². The van der Waals surface area contributed by atoms with Crippen molar-refractivity contribution in [1.82, 2.24) is 19.5 Å². The van der Waals surface area contributed by atoms with Gasteiger partial charge in [-0.15, -0.1) is 0 Å². The Morgan fingerprint density at radius 1 is 1.38 bits per heavy atom. The lowest BCUT2D eigenvalue weighted by molar-refractivity contribution is -0.0234. The van der Waals surface area contributed by atoms with Crippen molar-refractivity contribution in [3.63, 3.8) is 0 Å². The predicted octanol–water partition coefficient (Wildman–Crippen LogP) is -1.03. The Morgan fingerprint density at radius 2 is 2.12 bits per heavy atom. The van der Waals surface area contributed by atoms with Crippen molar-refractivity contribution in [2.75, 3.05) is 12.3 Å². The molecule has 1 saturated heterocycles. The summed E-state index contributed by atoms with van der Waals surface area (Å²) in [6.45, 7) is -0.433. The first kappa shape index (κ1) is 17.0. The minimum atomic E-state index is -4.38. The van der Waals surface area contributed by atoms with Crippen LogP contribution in [0, 0.1) is 5.92 Å². The minimum Gasteiger partial charge on any atom is -0.396 e. The number of aromatic nitrogens is 4. The highest BCUT2D eigenvalue weighted by Gasteiger charge is 2.44. The van der Waals surface area contributed by atoms with E-state index in [0.717, 1.165) is 6.08 Å². The molecule has 0 spiro atoms. The molecule has 0 aliphatic carbocycles. The first-order chi connectivity index (χ1) is 11.3. The monoisotopic (exact) mass is 357 g/mol. The molecular formula is C12H16N5O6P. The predicted molar refractivity (Wildman–Crippen MR) is 81.4 cm³/mol. The molecule has 0 saturated carbocycles. The van der Waals surface area contributed by atoms with E-state index in [1.807, 2.05) is 0 Å². The molecule has 11 nitrogen and oxygen atoms in total. The lowest BCUT2D eigenvalue weighted by Gasteiger charge is -2.17. The van der Waals surface area contributed by atoms with Crippen LogP contribution in [0.25, 0.3) is 11.2 Å². The van der Waals surface area contributed by atoms with Crippen LogP contribution in [-0.4, -0.2) is 58.3 Å². The Kier molecular flexibility index (Phi) is 4.38. The second kappa shape index (κ2) is 6.20. The average Bonchev–Trinajstić information content (AvgIpc) is 3.06. The number of fused-ring (bicyclic) bond motifs is 1. The van der Waals surface area contributed by atoms with Crippen molar-refractivity contribution >= 4 is 24.6 Å². The van der Waals surface area contributed by atoms with Crippen LogP contribution >= 0.6 is 7.60 Å². The Morgan fingerprint density at radius 3 is 2.79 bits per heavy atom. The van der Waals surface area contributed by atoms with Gasteiger partial charge in [0.2, 0.25) is 0 Å². The van der Waals surface area contributed by atoms with Crippen molar-refractivity contribution in [3.05, 3.63) is 24.5 Å². The van der Waals surface area contributed by atoms with Crippen LogP contribution in [0.3, 0.4) is 0 Å². The van der Waals surface area contributed by atoms with Crippen molar-refractivity contribution in [2.24, 2.45) is 5.92 Å². The minimum absolute atomic E-state index is 0.169. The number of nitrogens with zero attached hydrogens (tertiary/aromatic N) is 4. The number of aliphatic hydroxyl groups is 2. The fourth-order valence-corrected chi connectivity index (χ4v) is 3.03. The third-order valence-electron chi connectivity index (χ3n) is 3.79. The molecular weight excluding hydrogens is 341 g/mol. The van der Waals surface area contributed by atoms with E-state index in [1.54, 1.807) is 0 Å². The van der Waals surface area contributed by atoms with Crippen molar-refractivity contribution in [3.8, 4) is 0 Å². The summed E-state index contributed by atoms with van der Waals surface area (Å²) in [5.74, 6) is 0.0824. The lowest BCUT2D eigenvalue weighted by atomic mass is 9.99. The molecule has 6 N–H and O–H groups in total. The van der Waals surface area contributed by atoms with Crippen LogP contribution in [0.2, 0.25) is 0 Å². The van der Waals surface area contributed by atoms with Gasteiger partial charge in [-0.25, -0.2) is 15.0 Å². The summed E-state index contributed by atoms with van der Waals surface area (Å²) in [6, 6.07) is 0. The standard InChI is InChI=1S/C12H16N5O6P/c13-10-8-11(15-4-14-10)17(5-16-8)12-9(19)6(3-18)7(23-12)1-2-24(20,21)22/h1-2,4-7,9,12,18-19H,3H2,(H2,13,14,15)(H2,20,21,22)/t6-,7-,9-,12-/m1/s1. The molecule has 1 fully saturated rings. The van der Waals surface area contributed by atoms with Crippen molar-refractivity contribution < 1.29 is 29.3 Å². The third-order valence-corrected chi connectivity index (χ3v) is 4.35. The molecule has 4 atom stereocenters. The van der Waals surface area contributed by atoms with E-state index in [-0.39, 0.29) is 5.82 Å². The quantitative estimate of drug-likeness (QED) is 0.425. The molecule has 12 heteroatoms. The summed E-state index contributed by atoms with van der Waals surface area (Å²) in [6.07, 6.45) is 0.758. The Hall–Kier alpha value is -1.88. The molecule has 0 unspecified atom stereocenters. The van der Waals surface area contributed by atoms with E-state index < -0.39 is 38.6 Å². The van der Waals surface area contributed by atoms with Crippen LogP contribution in [0.4, 0.5) is 5.82 Å². The normalized spacial score (nSPS) is 28.2. The molecule has 0 bridgehead atoms. The van der Waals surface area contributed by atoms with Gasteiger partial charge in [0, 0.05) is 11.7 Å². The maximum absolute atomic E-state index is 11.0. The highest BCUT2D eigenvalue weighted by molar-refractivity contribution is 7.55. The van der Waals surface area contributed by atoms with Gasteiger partial charge in [-0.05, 0) is 6.08 Å². The second-order valence-corrected chi connectivity index (χ2v) is 6.82. The number of ether oxygens (including phenoxy) is 1. The Balaban J connectivity index is 1.95. The number of aliphatic hydroxyl groups excluding tert-OH is 2. The molecule has 2 aromatic rings. The number of hydrogen-bond acceptors (Lipinski definition) is 8. The number of hydrogen-bond donors (Lipinski definition) is 5. The van der Waals surface area contributed by atoms with Gasteiger partial charge >= 0.3 is 7.60 Å². The molecule has 2 aromatic heterocycles. The van der Waals surface area contributed by atoms with Crippen molar-refractivity contribution in [2.45, 2.75) is 18.4 Å². The third kappa shape index (κ3) is 3.05. The van der Waals surface area contributed by atoms with E-state index >= 15 is 0 Å². The van der Waals surface area contributed by atoms with E-state index in [1.165, 1.54) is 17.2 Å². The molecule has 3 heterocycles.